The van der Waals surface area contributed by atoms with Crippen LogP contribution in [0.2, 0.25) is 0 Å². The molecule has 1 aromatic carbocycles. The van der Waals surface area contributed by atoms with Crippen molar-refractivity contribution >= 4 is 46.3 Å². The van der Waals surface area contributed by atoms with E-state index in [1.165, 1.54) is 33.5 Å². The topological polar surface area (TPSA) is 180 Å². The van der Waals surface area contributed by atoms with Gasteiger partial charge in [0.2, 0.25) is 5.91 Å². The fourth-order valence-electron chi connectivity index (χ4n) is 11.2. The minimum atomic E-state index is -4.60. The molecule has 2 aromatic heterocycles. The monoisotopic (exact) mass is 1040 g/mol. The molecule has 4 saturated heterocycles. The Bertz CT molecular complexity index is 2620. The molecule has 1 spiro atoms. The number of likely N-dealkylation sites (tertiary alicyclic amines) is 1. The smallest absolute Gasteiger partial charge is 0.406 e. The van der Waals surface area contributed by atoms with E-state index in [9.17, 15) is 41.5 Å². The van der Waals surface area contributed by atoms with Gasteiger partial charge in [-0.25, -0.2) is 14.6 Å². The summed E-state index contributed by atoms with van der Waals surface area (Å²) in [6.45, 7) is 12.6. The summed E-state index contributed by atoms with van der Waals surface area (Å²) >= 11 is 0. The van der Waals surface area contributed by atoms with E-state index in [2.05, 4.69) is 27.2 Å². The van der Waals surface area contributed by atoms with Crippen LogP contribution in [-0.4, -0.2) is 168 Å². The first-order chi connectivity index (χ1) is 35.0. The van der Waals surface area contributed by atoms with Gasteiger partial charge in [0, 0.05) is 87.1 Å². The number of carbonyl (C=O) groups is 5. The maximum absolute atomic E-state index is 14.8. The van der Waals surface area contributed by atoms with E-state index in [0.29, 0.717) is 71.3 Å². The Labute approximate surface area is 428 Å². The third-order valence-corrected chi connectivity index (χ3v) is 15.0. The van der Waals surface area contributed by atoms with Gasteiger partial charge in [-0.2, -0.15) is 13.2 Å². The summed E-state index contributed by atoms with van der Waals surface area (Å²) in [5, 5.41) is 4.89. The van der Waals surface area contributed by atoms with E-state index < -0.39 is 95.5 Å². The molecule has 4 fully saturated rings. The maximum Gasteiger partial charge on any atom is 0.406 e. The zero-order valence-electron chi connectivity index (χ0n) is 43.3. The van der Waals surface area contributed by atoms with E-state index in [1.807, 2.05) is 19.9 Å². The van der Waals surface area contributed by atoms with Gasteiger partial charge in [0.05, 0.1) is 49.0 Å². The first-order valence-corrected chi connectivity index (χ1v) is 25.4. The minimum absolute atomic E-state index is 0.00438. The van der Waals surface area contributed by atoms with Crippen LogP contribution in [0.25, 0.3) is 22.2 Å². The molecule has 5 aliphatic heterocycles. The molecule has 0 unspecified atom stereocenters. The molecule has 8 rings (SSSR count). The molecule has 18 nitrogen and oxygen atoms in total. The first-order valence-electron chi connectivity index (χ1n) is 25.4. The standard InChI is InChI=1S/C52H69F4N9O9/c1-31(2)43(60(7)49(70)61-19-15-51(16-20-61)27-63(30-74-51)46(67)32(3)53)45(66)58-40-24-35-26-62(21-22-72-35)34-13-14-41-37(23-34)38(25-50(5,6)29-73-48(69)39-12-10-18-65(59-39)47(40)68)44(64(41)28-52(54,55)56)36-11-9-17-57-42(36)33(4)71-8/h9,11,13-14,17,23,31,33,35,39-40,43,59H,3,10,12,15-16,18-22,24-30H2,1-2,4-8H3,(H,58,66)/t33-,35-,39-,40-,43-/m0/s1. The number of likely N-dealkylation sites (N-methyl/N-ethyl adjacent to an activating group) is 1. The first kappa shape index (κ1) is 54.4. The Morgan fingerprint density at radius 3 is 2.50 bits per heavy atom. The largest absolute Gasteiger partial charge is 0.464 e. The van der Waals surface area contributed by atoms with Crippen molar-refractivity contribution in [2.24, 2.45) is 11.3 Å². The molecule has 2 N–H and O–H groups in total. The lowest BCUT2D eigenvalue weighted by Crippen LogP contribution is -2.63. The summed E-state index contributed by atoms with van der Waals surface area (Å²) in [4.78, 5) is 80.7. The number of ether oxygens (including phenoxy) is 4. The number of nitrogens with zero attached hydrogens (tertiary/aromatic N) is 7. The lowest BCUT2D eigenvalue weighted by Gasteiger charge is -2.41. The van der Waals surface area contributed by atoms with E-state index in [4.69, 9.17) is 18.9 Å². The normalized spacial score (nSPS) is 23.4. The van der Waals surface area contributed by atoms with Gasteiger partial charge in [-0.3, -0.25) is 29.2 Å². The SMILES string of the molecule is C=C(F)C(=O)N1COC2(CCN(C(=O)N(C)[C@H](C(=O)N[C@H]3C[C@H]4CN(CCO4)c4ccc5c(c4)c(c(-c4cccnc4[C@H](C)OC)n5CC(F)(F)F)CC(C)(C)COC(=O)[C@@H]4CCCN(N4)C3=O)C(C)C)CC2)C1. The molecule has 74 heavy (non-hydrogen) atoms. The van der Waals surface area contributed by atoms with E-state index in [0.717, 1.165) is 0 Å². The number of amides is 5. The Hall–Kier alpha value is -5.84. The molecular weight excluding hydrogens is 971 g/mol. The van der Waals surface area contributed by atoms with Gasteiger partial charge < -0.3 is 48.4 Å². The van der Waals surface area contributed by atoms with Gasteiger partial charge in [0.1, 0.15) is 31.4 Å². The van der Waals surface area contributed by atoms with Crippen molar-refractivity contribution in [3.05, 3.63) is 60.2 Å². The van der Waals surface area contributed by atoms with E-state index in [1.54, 1.807) is 56.1 Å². The number of pyridine rings is 1. The van der Waals surface area contributed by atoms with Crippen molar-refractivity contribution in [3.63, 3.8) is 0 Å². The highest BCUT2D eigenvalue weighted by Gasteiger charge is 2.46. The van der Waals surface area contributed by atoms with Gasteiger partial charge >= 0.3 is 18.2 Å². The second-order valence-corrected chi connectivity index (χ2v) is 21.5. The number of aromatic nitrogens is 2. The van der Waals surface area contributed by atoms with Crippen molar-refractivity contribution in [3.8, 4) is 11.3 Å². The molecule has 5 atom stereocenters. The molecule has 0 saturated carbocycles. The van der Waals surface area contributed by atoms with Crippen LogP contribution in [0, 0.1) is 11.3 Å². The van der Waals surface area contributed by atoms with Crippen molar-refractivity contribution in [1.82, 2.24) is 40.0 Å². The second-order valence-electron chi connectivity index (χ2n) is 21.5. The number of morpholine rings is 1. The molecule has 6 bridgehead atoms. The number of hydrazine groups is 1. The molecule has 3 aromatic rings. The number of piperidine rings is 1. The van der Waals surface area contributed by atoms with E-state index >= 15 is 0 Å². The zero-order valence-corrected chi connectivity index (χ0v) is 43.3. The fourth-order valence-corrected chi connectivity index (χ4v) is 11.2. The van der Waals surface area contributed by atoms with Crippen LogP contribution in [0.5, 0.6) is 0 Å². The number of fused-ring (bicyclic) bond motifs is 6. The highest BCUT2D eigenvalue weighted by Crippen LogP contribution is 2.43. The molecule has 5 aliphatic rings. The van der Waals surface area contributed by atoms with Crippen LogP contribution >= 0.6 is 0 Å². The summed E-state index contributed by atoms with van der Waals surface area (Å²) in [7, 11) is 3.05. The number of carbonyl (C=O) groups excluding carboxylic acids is 5. The number of methoxy groups -OCH3 is 1. The quantitative estimate of drug-likeness (QED) is 0.148. The van der Waals surface area contributed by atoms with E-state index in [-0.39, 0.29) is 65.5 Å². The van der Waals surface area contributed by atoms with Crippen LogP contribution in [0.1, 0.15) is 84.1 Å². The molecule has 0 radical (unpaired) electrons. The third kappa shape index (κ3) is 11.7. The van der Waals surface area contributed by atoms with Crippen LogP contribution in [0.3, 0.4) is 0 Å². The van der Waals surface area contributed by atoms with Gasteiger partial charge in [-0.05, 0) is 80.8 Å². The molecule has 404 valence electrons. The number of hydrogen-bond acceptors (Lipinski definition) is 12. The average molecular weight is 1040 g/mol. The van der Waals surface area contributed by atoms with Gasteiger partial charge in [-0.15, -0.1) is 0 Å². The van der Waals surface area contributed by atoms with Crippen LogP contribution in [0.15, 0.2) is 48.9 Å². The number of hydrogen-bond donors (Lipinski definition) is 2. The molecule has 22 heteroatoms. The van der Waals surface area contributed by atoms with Crippen molar-refractivity contribution in [1.29, 1.82) is 0 Å². The van der Waals surface area contributed by atoms with Crippen molar-refractivity contribution in [2.75, 3.05) is 78.3 Å². The van der Waals surface area contributed by atoms with Gasteiger partial charge in [0.25, 0.3) is 11.8 Å². The number of nitrogens with one attached hydrogen (secondary N) is 2. The van der Waals surface area contributed by atoms with Crippen LogP contribution < -0.4 is 15.6 Å². The summed E-state index contributed by atoms with van der Waals surface area (Å²) in [6.07, 6.45) is -2.50. The molecule has 5 amide bonds. The number of anilines is 1. The number of cyclic esters (lactones) is 1. The lowest BCUT2D eigenvalue weighted by atomic mass is 9.84. The summed E-state index contributed by atoms with van der Waals surface area (Å²) in [5.41, 5.74) is 4.45. The Kier molecular flexibility index (Phi) is 16.0. The maximum atomic E-state index is 14.8. The van der Waals surface area contributed by atoms with Crippen molar-refractivity contribution < 1.29 is 60.5 Å². The predicted octanol–water partition coefficient (Wildman–Crippen LogP) is 5.88. The number of rotatable bonds is 9. The highest BCUT2D eigenvalue weighted by molar-refractivity contribution is 5.95. The molecule has 0 aliphatic carbocycles. The summed E-state index contributed by atoms with van der Waals surface area (Å²) < 4.78 is 83.1. The van der Waals surface area contributed by atoms with Crippen LogP contribution in [-0.2, 0) is 51.1 Å². The number of halogens is 4. The zero-order chi connectivity index (χ0) is 53.4. The van der Waals surface area contributed by atoms with Crippen LogP contribution in [0.4, 0.5) is 28.0 Å². The number of esters is 1. The number of benzene rings is 1. The van der Waals surface area contributed by atoms with Crippen molar-refractivity contribution in [2.45, 2.75) is 122 Å². The number of alkyl halides is 3. The lowest BCUT2D eigenvalue weighted by molar-refractivity contribution is -0.156. The molecular formula is C52H69F4N9O9. The van der Waals surface area contributed by atoms with Gasteiger partial charge in [-0.1, -0.05) is 34.3 Å². The summed E-state index contributed by atoms with van der Waals surface area (Å²) in [5.74, 6) is -4.05. The Balaban J connectivity index is 1.10. The fraction of sp³-hybridized carbons (Fsp3) is 0.615. The highest BCUT2D eigenvalue weighted by atomic mass is 19.4. The second kappa shape index (κ2) is 21.8. The Morgan fingerprint density at radius 1 is 1.07 bits per heavy atom. The van der Waals surface area contributed by atoms with Gasteiger partial charge in [0.15, 0.2) is 5.83 Å². The third-order valence-electron chi connectivity index (χ3n) is 15.0. The number of urea groups is 1. The predicted molar refractivity (Wildman–Crippen MR) is 265 cm³/mol. The average Bonchev–Trinajstić information content (AvgIpc) is 3.91. The molecule has 7 heterocycles. The summed E-state index contributed by atoms with van der Waals surface area (Å²) in [6, 6.07) is 5.21. The minimum Gasteiger partial charge on any atom is -0.464 e. The Morgan fingerprint density at radius 2 is 1.81 bits per heavy atom.